The van der Waals surface area contributed by atoms with Gasteiger partial charge in [-0.2, -0.15) is 0 Å². The largest absolute Gasteiger partial charge is 0.292 e. The first-order valence-corrected chi connectivity index (χ1v) is 8.73. The normalized spacial score (nSPS) is 19.8. The minimum absolute atomic E-state index is 0.234. The summed E-state index contributed by atoms with van der Waals surface area (Å²) in [6.07, 6.45) is 8.91. The molecule has 1 aliphatic heterocycles. The number of carbonyl (C=O) groups is 1. The SMILES string of the molecule is O=C1C=CN(c2ccccc2)N(c2ccccc2)C12CCCCC2. The van der Waals surface area contributed by atoms with E-state index in [-0.39, 0.29) is 5.78 Å². The summed E-state index contributed by atoms with van der Waals surface area (Å²) in [7, 11) is 0. The molecule has 0 bridgehead atoms. The molecule has 0 N–H and O–H groups in total. The lowest BCUT2D eigenvalue weighted by Crippen LogP contribution is -2.63. The van der Waals surface area contributed by atoms with Crippen molar-refractivity contribution < 1.29 is 4.79 Å². The molecule has 0 unspecified atom stereocenters. The van der Waals surface area contributed by atoms with E-state index in [1.165, 1.54) is 6.42 Å². The molecule has 2 aromatic rings. The van der Waals surface area contributed by atoms with Crippen LogP contribution in [0.1, 0.15) is 32.1 Å². The molecule has 1 saturated carbocycles. The van der Waals surface area contributed by atoms with E-state index in [2.05, 4.69) is 34.3 Å². The van der Waals surface area contributed by atoms with Crippen LogP contribution in [0.3, 0.4) is 0 Å². The van der Waals surface area contributed by atoms with Gasteiger partial charge in [0.25, 0.3) is 0 Å². The molecule has 3 nitrogen and oxygen atoms in total. The topological polar surface area (TPSA) is 23.6 Å². The molecule has 1 fully saturated rings. The Morgan fingerprint density at radius 2 is 1.33 bits per heavy atom. The predicted molar refractivity (Wildman–Crippen MR) is 97.8 cm³/mol. The van der Waals surface area contributed by atoms with Crippen LogP contribution in [0.4, 0.5) is 11.4 Å². The summed E-state index contributed by atoms with van der Waals surface area (Å²) in [5, 5.41) is 4.37. The molecule has 4 rings (SSSR count). The molecule has 1 heterocycles. The molecule has 1 aliphatic carbocycles. The maximum absolute atomic E-state index is 13.0. The van der Waals surface area contributed by atoms with Crippen LogP contribution in [-0.4, -0.2) is 11.3 Å². The van der Waals surface area contributed by atoms with Crippen LogP contribution in [0.15, 0.2) is 72.9 Å². The Morgan fingerprint density at radius 1 is 0.750 bits per heavy atom. The number of carbonyl (C=O) groups excluding carboxylic acids is 1. The Labute approximate surface area is 143 Å². The molecular weight excluding hydrogens is 296 g/mol. The van der Waals surface area contributed by atoms with Crippen molar-refractivity contribution >= 4 is 17.2 Å². The predicted octanol–water partition coefficient (Wildman–Crippen LogP) is 4.71. The van der Waals surface area contributed by atoms with Crippen LogP contribution in [-0.2, 0) is 4.79 Å². The van der Waals surface area contributed by atoms with E-state index < -0.39 is 5.54 Å². The number of ketones is 1. The number of hydrogen-bond acceptors (Lipinski definition) is 3. The quantitative estimate of drug-likeness (QED) is 0.801. The second-order valence-corrected chi connectivity index (χ2v) is 6.60. The number of anilines is 2. The highest BCUT2D eigenvalue weighted by Gasteiger charge is 2.48. The Morgan fingerprint density at radius 3 is 1.96 bits per heavy atom. The second-order valence-electron chi connectivity index (χ2n) is 6.60. The molecule has 0 radical (unpaired) electrons. The van der Waals surface area contributed by atoms with E-state index in [0.717, 1.165) is 37.1 Å². The summed E-state index contributed by atoms with van der Waals surface area (Å²) in [6.45, 7) is 0. The molecule has 1 spiro atoms. The lowest BCUT2D eigenvalue weighted by atomic mass is 9.76. The molecule has 0 aromatic heterocycles. The van der Waals surface area contributed by atoms with Crippen molar-refractivity contribution in [2.24, 2.45) is 0 Å². The molecular formula is C21H22N2O. The third-order valence-corrected chi connectivity index (χ3v) is 5.15. The van der Waals surface area contributed by atoms with Crippen LogP contribution in [0.2, 0.25) is 0 Å². The zero-order valence-electron chi connectivity index (χ0n) is 13.8. The average Bonchev–Trinajstić information content (AvgIpc) is 2.66. The maximum atomic E-state index is 13.0. The van der Waals surface area contributed by atoms with E-state index in [1.807, 2.05) is 42.6 Å². The van der Waals surface area contributed by atoms with Crippen molar-refractivity contribution in [3.05, 3.63) is 72.9 Å². The Hall–Kier alpha value is -2.55. The Balaban J connectivity index is 1.87. The van der Waals surface area contributed by atoms with Gasteiger partial charge in [-0.25, -0.2) is 0 Å². The minimum atomic E-state index is -0.454. The summed E-state index contributed by atoms with van der Waals surface area (Å²) in [5.74, 6) is 0.234. The van der Waals surface area contributed by atoms with Gasteiger partial charge < -0.3 is 0 Å². The lowest BCUT2D eigenvalue weighted by molar-refractivity contribution is -0.121. The number of para-hydroxylation sites is 2. The van der Waals surface area contributed by atoms with E-state index in [4.69, 9.17) is 0 Å². The smallest absolute Gasteiger partial charge is 0.184 e. The second kappa shape index (κ2) is 6.16. The number of nitrogens with zero attached hydrogens (tertiary/aromatic N) is 2. The van der Waals surface area contributed by atoms with Gasteiger partial charge in [0.1, 0.15) is 5.54 Å². The number of hydrazine groups is 1. The lowest BCUT2D eigenvalue weighted by Gasteiger charge is -2.52. The van der Waals surface area contributed by atoms with E-state index >= 15 is 0 Å². The molecule has 0 saturated heterocycles. The van der Waals surface area contributed by atoms with Crippen molar-refractivity contribution in [1.82, 2.24) is 0 Å². The number of hydrogen-bond donors (Lipinski definition) is 0. The first-order chi connectivity index (χ1) is 11.8. The van der Waals surface area contributed by atoms with Crippen LogP contribution < -0.4 is 10.0 Å². The van der Waals surface area contributed by atoms with Crippen molar-refractivity contribution in [1.29, 1.82) is 0 Å². The van der Waals surface area contributed by atoms with Crippen molar-refractivity contribution in [2.45, 2.75) is 37.6 Å². The minimum Gasteiger partial charge on any atom is -0.292 e. The first-order valence-electron chi connectivity index (χ1n) is 8.73. The van der Waals surface area contributed by atoms with Crippen LogP contribution in [0, 0.1) is 0 Å². The van der Waals surface area contributed by atoms with Gasteiger partial charge in [-0.05, 0) is 37.1 Å². The number of benzene rings is 2. The fourth-order valence-electron chi connectivity index (χ4n) is 3.99. The highest BCUT2D eigenvalue weighted by Crippen LogP contribution is 2.42. The zero-order valence-corrected chi connectivity index (χ0v) is 13.8. The van der Waals surface area contributed by atoms with Crippen molar-refractivity contribution in [3.63, 3.8) is 0 Å². The zero-order chi connectivity index (χ0) is 16.4. The summed E-state index contributed by atoms with van der Waals surface area (Å²) in [4.78, 5) is 13.0. The fourth-order valence-corrected chi connectivity index (χ4v) is 3.99. The first kappa shape index (κ1) is 15.0. The van der Waals surface area contributed by atoms with Gasteiger partial charge in [-0.15, -0.1) is 0 Å². The van der Waals surface area contributed by atoms with E-state index in [1.54, 1.807) is 6.08 Å². The van der Waals surface area contributed by atoms with Crippen molar-refractivity contribution in [2.75, 3.05) is 10.0 Å². The molecule has 2 aromatic carbocycles. The van der Waals surface area contributed by atoms with Crippen LogP contribution >= 0.6 is 0 Å². The summed E-state index contributed by atoms with van der Waals surface area (Å²) >= 11 is 0. The van der Waals surface area contributed by atoms with Gasteiger partial charge >= 0.3 is 0 Å². The monoisotopic (exact) mass is 318 g/mol. The third-order valence-electron chi connectivity index (χ3n) is 5.15. The highest BCUT2D eigenvalue weighted by molar-refractivity contribution is 6.03. The standard InChI is InChI=1S/C21H22N2O/c24-20-14-17-22(18-10-4-1-5-11-18)23(19-12-6-2-7-13-19)21(20)15-8-3-9-16-21/h1-2,4-7,10-14,17H,3,8-9,15-16H2. The summed E-state index contributed by atoms with van der Waals surface area (Å²) < 4.78 is 0. The molecule has 0 amide bonds. The van der Waals surface area contributed by atoms with E-state index in [0.29, 0.717) is 0 Å². The van der Waals surface area contributed by atoms with E-state index in [9.17, 15) is 4.79 Å². The summed E-state index contributed by atoms with van der Waals surface area (Å²) in [5.41, 5.74) is 1.69. The molecule has 24 heavy (non-hydrogen) atoms. The van der Waals surface area contributed by atoms with Gasteiger partial charge in [0.05, 0.1) is 11.4 Å². The average molecular weight is 318 g/mol. The van der Waals surface area contributed by atoms with Gasteiger partial charge in [0, 0.05) is 12.3 Å². The highest BCUT2D eigenvalue weighted by atomic mass is 16.1. The molecule has 0 atom stereocenters. The third kappa shape index (κ3) is 2.41. The van der Waals surface area contributed by atoms with Crippen LogP contribution in [0.5, 0.6) is 0 Å². The Bertz CT molecular complexity index is 733. The fraction of sp³-hybridized carbons (Fsp3) is 0.286. The van der Waals surface area contributed by atoms with Gasteiger partial charge in [-0.3, -0.25) is 14.8 Å². The molecule has 2 aliphatic rings. The maximum Gasteiger partial charge on any atom is 0.184 e. The van der Waals surface area contributed by atoms with Crippen LogP contribution in [0.25, 0.3) is 0 Å². The van der Waals surface area contributed by atoms with Gasteiger partial charge in [-0.1, -0.05) is 55.7 Å². The summed E-state index contributed by atoms with van der Waals surface area (Å²) in [6, 6.07) is 20.6. The number of rotatable bonds is 2. The van der Waals surface area contributed by atoms with Crippen molar-refractivity contribution in [3.8, 4) is 0 Å². The molecule has 3 heteroatoms. The molecule has 122 valence electrons. The Kier molecular flexibility index (Phi) is 3.85. The van der Waals surface area contributed by atoms with Gasteiger partial charge in [0.15, 0.2) is 5.78 Å². The van der Waals surface area contributed by atoms with Gasteiger partial charge in [0.2, 0.25) is 0 Å².